The van der Waals surface area contributed by atoms with Crippen molar-refractivity contribution in [3.63, 3.8) is 0 Å². The van der Waals surface area contributed by atoms with Crippen molar-refractivity contribution < 1.29 is 14.3 Å². The molecule has 1 aromatic heterocycles. The number of nitrogens with zero attached hydrogens (tertiary/aromatic N) is 2. The highest BCUT2D eigenvalue weighted by Crippen LogP contribution is 2.27. The Morgan fingerprint density at radius 1 is 0.964 bits per heavy atom. The van der Waals surface area contributed by atoms with Crippen LogP contribution >= 0.6 is 0 Å². The number of nitrogens with one attached hydrogen (secondary N) is 2. The molecular formula is C21H20N4O3. The first kappa shape index (κ1) is 19.0. The largest absolute Gasteiger partial charge is 0.495 e. The summed E-state index contributed by atoms with van der Waals surface area (Å²) in [6.07, 6.45) is 0. The van der Waals surface area contributed by atoms with Gasteiger partial charge in [-0.1, -0.05) is 6.07 Å². The van der Waals surface area contributed by atoms with Crippen LogP contribution in [0.5, 0.6) is 5.75 Å². The molecule has 2 N–H and O–H groups in total. The van der Waals surface area contributed by atoms with E-state index >= 15 is 0 Å². The van der Waals surface area contributed by atoms with Gasteiger partial charge in [-0.05, 0) is 67.9 Å². The monoisotopic (exact) mass is 376 g/mol. The molecule has 0 aliphatic heterocycles. The zero-order valence-corrected chi connectivity index (χ0v) is 15.8. The normalized spacial score (nSPS) is 10.2. The molecule has 0 saturated heterocycles. The molecule has 3 rings (SSSR count). The van der Waals surface area contributed by atoms with E-state index in [-0.39, 0.29) is 17.4 Å². The Morgan fingerprint density at radius 3 is 2.32 bits per heavy atom. The molecule has 0 atom stereocenters. The Kier molecular flexibility index (Phi) is 5.64. The fourth-order valence-electron chi connectivity index (χ4n) is 2.56. The molecular weight excluding hydrogens is 356 g/mol. The third-order valence-electron chi connectivity index (χ3n) is 4.06. The van der Waals surface area contributed by atoms with Crippen LogP contribution in [-0.4, -0.2) is 29.0 Å². The van der Waals surface area contributed by atoms with Gasteiger partial charge in [-0.25, -0.2) is 0 Å². The third kappa shape index (κ3) is 4.50. The van der Waals surface area contributed by atoms with E-state index in [1.165, 1.54) is 6.92 Å². The molecule has 7 nitrogen and oxygen atoms in total. The van der Waals surface area contributed by atoms with Gasteiger partial charge in [0.15, 0.2) is 17.3 Å². The van der Waals surface area contributed by atoms with Crippen molar-refractivity contribution >= 4 is 28.9 Å². The average molecular weight is 376 g/mol. The summed E-state index contributed by atoms with van der Waals surface area (Å²) >= 11 is 0. The number of ketones is 1. The predicted molar refractivity (Wildman–Crippen MR) is 107 cm³/mol. The molecule has 0 aliphatic carbocycles. The van der Waals surface area contributed by atoms with E-state index in [0.717, 1.165) is 11.3 Å². The van der Waals surface area contributed by atoms with Crippen LogP contribution in [0.4, 0.5) is 17.2 Å². The highest BCUT2D eigenvalue weighted by Gasteiger charge is 2.10. The molecule has 7 heteroatoms. The summed E-state index contributed by atoms with van der Waals surface area (Å²) in [7, 11) is 1.60. The molecule has 0 fully saturated rings. The van der Waals surface area contributed by atoms with Gasteiger partial charge in [0.25, 0.3) is 5.91 Å². The number of benzene rings is 2. The Bertz CT molecular complexity index is 999. The summed E-state index contributed by atoms with van der Waals surface area (Å²) in [5.41, 5.74) is 3.17. The lowest BCUT2D eigenvalue weighted by atomic mass is 10.1. The van der Waals surface area contributed by atoms with E-state index in [9.17, 15) is 9.59 Å². The lowest BCUT2D eigenvalue weighted by molar-refractivity contribution is 0.101. The second-order valence-electron chi connectivity index (χ2n) is 6.22. The minimum atomic E-state index is -0.386. The first-order valence-corrected chi connectivity index (χ1v) is 8.64. The molecule has 0 spiro atoms. The second kappa shape index (κ2) is 8.30. The minimum absolute atomic E-state index is 0.0305. The summed E-state index contributed by atoms with van der Waals surface area (Å²) in [4.78, 5) is 23.6. The minimum Gasteiger partial charge on any atom is -0.495 e. The summed E-state index contributed by atoms with van der Waals surface area (Å²) in [6.45, 7) is 3.47. The standard InChI is InChI=1S/C21H20N4O3/c1-13-4-10-19(28-3)18(12-13)23-20-11-9-17(24-25-20)21(27)22-16-7-5-15(6-8-16)14(2)26/h4-12H,1-3H3,(H,22,27)(H,23,25). The number of rotatable bonds is 6. The molecule has 2 aromatic carbocycles. The van der Waals surface area contributed by atoms with Crippen LogP contribution in [0.1, 0.15) is 33.3 Å². The number of aromatic nitrogens is 2. The first-order valence-electron chi connectivity index (χ1n) is 8.64. The summed E-state index contributed by atoms with van der Waals surface area (Å²) in [6, 6.07) is 15.7. The van der Waals surface area contributed by atoms with E-state index < -0.39 is 0 Å². The number of anilines is 3. The number of carbonyl (C=O) groups excluding carboxylic acids is 2. The van der Waals surface area contributed by atoms with Crippen molar-refractivity contribution in [1.29, 1.82) is 0 Å². The van der Waals surface area contributed by atoms with E-state index in [1.54, 1.807) is 43.5 Å². The molecule has 28 heavy (non-hydrogen) atoms. The van der Waals surface area contributed by atoms with Crippen molar-refractivity contribution in [2.45, 2.75) is 13.8 Å². The van der Waals surface area contributed by atoms with Gasteiger partial charge in [0.1, 0.15) is 5.75 Å². The zero-order valence-electron chi connectivity index (χ0n) is 15.8. The fraction of sp³-hybridized carbons (Fsp3) is 0.143. The van der Waals surface area contributed by atoms with Crippen molar-refractivity contribution in [3.8, 4) is 5.75 Å². The maximum absolute atomic E-state index is 12.3. The first-order chi connectivity index (χ1) is 13.5. The number of amides is 1. The van der Waals surface area contributed by atoms with Gasteiger partial charge in [0, 0.05) is 11.3 Å². The van der Waals surface area contributed by atoms with E-state index in [2.05, 4.69) is 20.8 Å². The Labute approximate surface area is 162 Å². The van der Waals surface area contributed by atoms with E-state index in [0.29, 0.717) is 22.8 Å². The summed E-state index contributed by atoms with van der Waals surface area (Å²) in [5.74, 6) is 0.759. The maximum atomic E-state index is 12.3. The van der Waals surface area contributed by atoms with Crippen LogP contribution < -0.4 is 15.4 Å². The van der Waals surface area contributed by atoms with Crippen LogP contribution in [0.3, 0.4) is 0 Å². The molecule has 142 valence electrons. The zero-order chi connectivity index (χ0) is 20.1. The molecule has 0 aliphatic rings. The van der Waals surface area contributed by atoms with Gasteiger partial charge in [0.2, 0.25) is 0 Å². The van der Waals surface area contributed by atoms with E-state index in [4.69, 9.17) is 4.74 Å². The van der Waals surface area contributed by atoms with Gasteiger partial charge >= 0.3 is 0 Å². The maximum Gasteiger partial charge on any atom is 0.276 e. The quantitative estimate of drug-likeness (QED) is 0.632. The number of Topliss-reactive ketones (excluding diaryl/α,β-unsaturated/α-hetero) is 1. The van der Waals surface area contributed by atoms with Crippen LogP contribution in [0, 0.1) is 6.92 Å². The van der Waals surface area contributed by atoms with Gasteiger partial charge in [-0.2, -0.15) is 0 Å². The highest BCUT2D eigenvalue weighted by atomic mass is 16.5. The number of ether oxygens (including phenoxy) is 1. The van der Waals surface area contributed by atoms with Crippen LogP contribution in [0.15, 0.2) is 54.6 Å². The van der Waals surface area contributed by atoms with Gasteiger partial charge in [0.05, 0.1) is 12.8 Å². The van der Waals surface area contributed by atoms with Gasteiger partial charge in [-0.3, -0.25) is 9.59 Å². The second-order valence-corrected chi connectivity index (χ2v) is 6.22. The molecule has 3 aromatic rings. The lowest BCUT2D eigenvalue weighted by Crippen LogP contribution is -2.14. The van der Waals surface area contributed by atoms with Gasteiger partial charge < -0.3 is 15.4 Å². The Hall–Kier alpha value is -3.74. The number of hydrogen-bond donors (Lipinski definition) is 2. The topological polar surface area (TPSA) is 93.2 Å². The number of methoxy groups -OCH3 is 1. The molecule has 0 bridgehead atoms. The Morgan fingerprint density at radius 2 is 1.71 bits per heavy atom. The third-order valence-corrected chi connectivity index (χ3v) is 4.06. The smallest absolute Gasteiger partial charge is 0.276 e. The average Bonchev–Trinajstić information content (AvgIpc) is 2.69. The SMILES string of the molecule is COc1ccc(C)cc1Nc1ccc(C(=O)Nc2ccc(C(C)=O)cc2)nn1. The predicted octanol–water partition coefficient (Wildman–Crippen LogP) is 3.99. The summed E-state index contributed by atoms with van der Waals surface area (Å²) in [5, 5.41) is 13.9. The van der Waals surface area contributed by atoms with Crippen molar-refractivity contribution in [1.82, 2.24) is 10.2 Å². The van der Waals surface area contributed by atoms with Crippen LogP contribution in [-0.2, 0) is 0 Å². The van der Waals surface area contributed by atoms with E-state index in [1.807, 2.05) is 25.1 Å². The molecule has 1 heterocycles. The molecule has 1 amide bonds. The lowest BCUT2D eigenvalue weighted by Gasteiger charge is -2.11. The molecule has 0 unspecified atom stereocenters. The van der Waals surface area contributed by atoms with Crippen molar-refractivity contribution in [2.24, 2.45) is 0 Å². The molecule has 0 radical (unpaired) electrons. The van der Waals surface area contributed by atoms with Crippen LogP contribution in [0.25, 0.3) is 0 Å². The van der Waals surface area contributed by atoms with Crippen LogP contribution in [0.2, 0.25) is 0 Å². The highest BCUT2D eigenvalue weighted by molar-refractivity contribution is 6.03. The fourth-order valence-corrected chi connectivity index (χ4v) is 2.56. The number of carbonyl (C=O) groups is 2. The Balaban J connectivity index is 1.69. The van der Waals surface area contributed by atoms with Gasteiger partial charge in [-0.15, -0.1) is 10.2 Å². The summed E-state index contributed by atoms with van der Waals surface area (Å²) < 4.78 is 5.33. The number of hydrogen-bond acceptors (Lipinski definition) is 6. The molecule has 0 saturated carbocycles. The number of aryl methyl sites for hydroxylation is 1. The van der Waals surface area contributed by atoms with Crippen molar-refractivity contribution in [3.05, 3.63) is 71.4 Å². The van der Waals surface area contributed by atoms with Crippen molar-refractivity contribution in [2.75, 3.05) is 17.7 Å².